The van der Waals surface area contributed by atoms with Gasteiger partial charge in [-0.15, -0.1) is 0 Å². The number of benzene rings is 1. The summed E-state index contributed by atoms with van der Waals surface area (Å²) in [6, 6.07) is 10.3. The third-order valence-electron chi connectivity index (χ3n) is 4.16. The van der Waals surface area contributed by atoms with Crippen LogP contribution in [0.1, 0.15) is 30.5 Å². The van der Waals surface area contributed by atoms with E-state index in [-0.39, 0.29) is 6.10 Å². The van der Waals surface area contributed by atoms with Crippen molar-refractivity contribution in [3.63, 3.8) is 0 Å². The van der Waals surface area contributed by atoms with Crippen molar-refractivity contribution in [2.24, 2.45) is 4.99 Å². The summed E-state index contributed by atoms with van der Waals surface area (Å²) in [6.45, 7) is 6.24. The SMILES string of the molecule is COCCN(C)c1cc(C2=NCc3ccc(OC(C)C)cc32)ccn1. The zero-order valence-corrected chi connectivity index (χ0v) is 15.3. The molecule has 132 valence electrons. The van der Waals surface area contributed by atoms with Gasteiger partial charge in [0.2, 0.25) is 0 Å². The molecule has 2 heterocycles. The van der Waals surface area contributed by atoms with E-state index < -0.39 is 0 Å². The summed E-state index contributed by atoms with van der Waals surface area (Å²) in [5.74, 6) is 1.80. The number of nitrogens with zero attached hydrogens (tertiary/aromatic N) is 3. The van der Waals surface area contributed by atoms with E-state index in [2.05, 4.69) is 28.1 Å². The van der Waals surface area contributed by atoms with Crippen molar-refractivity contribution in [1.82, 2.24) is 4.98 Å². The van der Waals surface area contributed by atoms with Gasteiger partial charge in [-0.05, 0) is 43.7 Å². The van der Waals surface area contributed by atoms with Crippen LogP contribution in [0, 0.1) is 0 Å². The topological polar surface area (TPSA) is 47.0 Å². The van der Waals surface area contributed by atoms with E-state index in [9.17, 15) is 0 Å². The molecule has 0 spiro atoms. The Kier molecular flexibility index (Phi) is 5.34. The molecule has 0 unspecified atom stereocenters. The van der Waals surface area contributed by atoms with Gasteiger partial charge in [0.05, 0.1) is 25.0 Å². The van der Waals surface area contributed by atoms with Gasteiger partial charge >= 0.3 is 0 Å². The average molecular weight is 339 g/mol. The number of aromatic nitrogens is 1. The Hall–Kier alpha value is -2.40. The van der Waals surface area contributed by atoms with E-state index in [1.54, 1.807) is 7.11 Å². The number of aliphatic imine (C=N–C) groups is 1. The molecule has 0 radical (unpaired) electrons. The minimum absolute atomic E-state index is 0.154. The smallest absolute Gasteiger partial charge is 0.128 e. The van der Waals surface area contributed by atoms with Crippen LogP contribution >= 0.6 is 0 Å². The average Bonchev–Trinajstić information content (AvgIpc) is 3.02. The molecule has 5 heteroatoms. The van der Waals surface area contributed by atoms with E-state index in [1.807, 2.05) is 39.2 Å². The zero-order chi connectivity index (χ0) is 17.8. The number of fused-ring (bicyclic) bond motifs is 1. The second-order valence-corrected chi connectivity index (χ2v) is 6.47. The molecule has 1 aliphatic rings. The number of pyridine rings is 1. The van der Waals surface area contributed by atoms with Crippen molar-refractivity contribution < 1.29 is 9.47 Å². The van der Waals surface area contributed by atoms with Gasteiger partial charge < -0.3 is 14.4 Å². The molecule has 5 nitrogen and oxygen atoms in total. The second kappa shape index (κ2) is 7.66. The number of rotatable bonds is 7. The molecule has 0 saturated heterocycles. The van der Waals surface area contributed by atoms with Gasteiger partial charge in [-0.1, -0.05) is 6.07 Å². The van der Waals surface area contributed by atoms with E-state index in [0.29, 0.717) is 13.2 Å². The fourth-order valence-corrected chi connectivity index (χ4v) is 2.87. The van der Waals surface area contributed by atoms with E-state index in [4.69, 9.17) is 14.5 Å². The predicted octanol–water partition coefficient (Wildman–Crippen LogP) is 3.30. The minimum Gasteiger partial charge on any atom is -0.491 e. The maximum atomic E-state index is 5.84. The fraction of sp³-hybridized carbons (Fsp3) is 0.400. The van der Waals surface area contributed by atoms with Gasteiger partial charge in [0, 0.05) is 38.0 Å². The van der Waals surface area contributed by atoms with Crippen LogP contribution in [-0.4, -0.2) is 44.1 Å². The molecule has 25 heavy (non-hydrogen) atoms. The lowest BCUT2D eigenvalue weighted by Crippen LogP contribution is -2.23. The van der Waals surface area contributed by atoms with Crippen molar-refractivity contribution in [3.8, 4) is 5.75 Å². The molecule has 0 atom stereocenters. The third kappa shape index (κ3) is 3.99. The molecule has 0 saturated carbocycles. The van der Waals surface area contributed by atoms with Crippen LogP contribution < -0.4 is 9.64 Å². The van der Waals surface area contributed by atoms with Gasteiger partial charge in [0.25, 0.3) is 0 Å². The quantitative estimate of drug-likeness (QED) is 0.776. The van der Waals surface area contributed by atoms with Crippen LogP contribution in [0.25, 0.3) is 0 Å². The maximum absolute atomic E-state index is 5.84. The van der Waals surface area contributed by atoms with Gasteiger partial charge in [-0.3, -0.25) is 4.99 Å². The third-order valence-corrected chi connectivity index (χ3v) is 4.16. The summed E-state index contributed by atoms with van der Waals surface area (Å²) in [6.07, 6.45) is 1.99. The van der Waals surface area contributed by atoms with Crippen LogP contribution in [0.15, 0.2) is 41.5 Å². The van der Waals surface area contributed by atoms with E-state index >= 15 is 0 Å². The highest BCUT2D eigenvalue weighted by Crippen LogP contribution is 2.28. The summed E-state index contributed by atoms with van der Waals surface area (Å²) in [4.78, 5) is 11.3. The number of anilines is 1. The fourth-order valence-electron chi connectivity index (χ4n) is 2.87. The lowest BCUT2D eigenvalue weighted by molar-refractivity contribution is 0.206. The van der Waals surface area contributed by atoms with Crippen LogP contribution in [0.3, 0.4) is 0 Å². The number of ether oxygens (including phenoxy) is 2. The summed E-state index contributed by atoms with van der Waals surface area (Å²) in [7, 11) is 3.73. The summed E-state index contributed by atoms with van der Waals surface area (Å²) >= 11 is 0. The Bertz CT molecular complexity index is 771. The van der Waals surface area contributed by atoms with Crippen molar-refractivity contribution >= 4 is 11.5 Å². The largest absolute Gasteiger partial charge is 0.491 e. The number of likely N-dealkylation sites (N-methyl/N-ethyl adjacent to an activating group) is 1. The lowest BCUT2D eigenvalue weighted by atomic mass is 10.0. The Morgan fingerprint density at radius 1 is 1.20 bits per heavy atom. The molecule has 0 fully saturated rings. The van der Waals surface area contributed by atoms with Crippen molar-refractivity contribution in [3.05, 3.63) is 53.2 Å². The van der Waals surface area contributed by atoms with Gasteiger partial charge in [-0.25, -0.2) is 4.98 Å². The van der Waals surface area contributed by atoms with E-state index in [1.165, 1.54) is 5.56 Å². The molecule has 2 aromatic rings. The highest BCUT2D eigenvalue weighted by atomic mass is 16.5. The highest BCUT2D eigenvalue weighted by molar-refractivity contribution is 6.15. The second-order valence-electron chi connectivity index (χ2n) is 6.47. The molecule has 1 aromatic carbocycles. The number of hydrogen-bond donors (Lipinski definition) is 0. The van der Waals surface area contributed by atoms with Crippen LogP contribution in [0.2, 0.25) is 0 Å². The monoisotopic (exact) mass is 339 g/mol. The Morgan fingerprint density at radius 3 is 2.80 bits per heavy atom. The molecular formula is C20H25N3O2. The zero-order valence-electron chi connectivity index (χ0n) is 15.3. The molecule has 0 bridgehead atoms. The van der Waals surface area contributed by atoms with Gasteiger partial charge in [0.1, 0.15) is 11.6 Å². The van der Waals surface area contributed by atoms with Crippen LogP contribution in [-0.2, 0) is 11.3 Å². The van der Waals surface area contributed by atoms with Crippen LogP contribution in [0.5, 0.6) is 5.75 Å². The molecule has 0 N–H and O–H groups in total. The maximum Gasteiger partial charge on any atom is 0.128 e. The first-order valence-electron chi connectivity index (χ1n) is 8.59. The van der Waals surface area contributed by atoms with E-state index in [0.717, 1.165) is 35.0 Å². The molecule has 3 rings (SSSR count). The Balaban J connectivity index is 1.87. The minimum atomic E-state index is 0.154. The first-order valence-corrected chi connectivity index (χ1v) is 8.59. The van der Waals surface area contributed by atoms with Crippen LogP contribution in [0.4, 0.5) is 5.82 Å². The van der Waals surface area contributed by atoms with Gasteiger partial charge in [-0.2, -0.15) is 0 Å². The summed E-state index contributed by atoms with van der Waals surface area (Å²) in [5, 5.41) is 0. The lowest BCUT2D eigenvalue weighted by Gasteiger charge is -2.18. The standard InChI is InChI=1S/C20H25N3O2/c1-14(2)25-17-6-5-16-13-22-20(18(16)12-17)15-7-8-21-19(11-15)23(3)9-10-24-4/h5-8,11-12,14H,9-10,13H2,1-4H3. The Morgan fingerprint density at radius 2 is 2.04 bits per heavy atom. The highest BCUT2D eigenvalue weighted by Gasteiger charge is 2.19. The first-order chi connectivity index (χ1) is 12.1. The first kappa shape index (κ1) is 17.4. The molecule has 0 amide bonds. The molecular weight excluding hydrogens is 314 g/mol. The van der Waals surface area contributed by atoms with Crippen molar-refractivity contribution in [1.29, 1.82) is 0 Å². The predicted molar refractivity (Wildman–Crippen MR) is 101 cm³/mol. The Labute approximate surface area is 149 Å². The van der Waals surface area contributed by atoms with Crippen molar-refractivity contribution in [2.75, 3.05) is 32.2 Å². The molecule has 0 aliphatic carbocycles. The summed E-state index contributed by atoms with van der Waals surface area (Å²) < 4.78 is 11.0. The number of hydrogen-bond acceptors (Lipinski definition) is 5. The normalized spacial score (nSPS) is 12.9. The van der Waals surface area contributed by atoms with Crippen molar-refractivity contribution in [2.45, 2.75) is 26.5 Å². The van der Waals surface area contributed by atoms with Gasteiger partial charge in [0.15, 0.2) is 0 Å². The number of methoxy groups -OCH3 is 1. The molecule has 1 aliphatic heterocycles. The molecule has 1 aromatic heterocycles. The summed E-state index contributed by atoms with van der Waals surface area (Å²) in [5.41, 5.74) is 4.47.